The summed E-state index contributed by atoms with van der Waals surface area (Å²) in [5.74, 6) is -2.08. The molecule has 1 N–H and O–H groups in total. The maximum absolute atomic E-state index is 13.7. The largest absolute Gasteiger partial charge is 0.505 e. The van der Waals surface area contributed by atoms with E-state index in [-0.39, 0.29) is 17.6 Å². The van der Waals surface area contributed by atoms with Gasteiger partial charge in [0, 0.05) is 28.6 Å². The summed E-state index contributed by atoms with van der Waals surface area (Å²) in [6.07, 6.45) is 1.48. The van der Waals surface area contributed by atoms with Crippen molar-refractivity contribution < 1.29 is 18.7 Å². The minimum absolute atomic E-state index is 0.0913. The van der Waals surface area contributed by atoms with Crippen LogP contribution < -0.4 is 0 Å². The van der Waals surface area contributed by atoms with Gasteiger partial charge in [-0.1, -0.05) is 0 Å². The molecule has 0 aromatic carbocycles. The standard InChI is InChI=1S/C14H9F2NO2S/c1-6-2-8-10(17-6)4-9(15)14(19)12(8)13(18)7-3-11(16)20-5-7/h2-3,5,19H,4H2,1H3. The van der Waals surface area contributed by atoms with Gasteiger partial charge in [0.15, 0.2) is 16.7 Å². The number of hydrogen-bond acceptors (Lipinski definition) is 4. The third-order valence-corrected chi connectivity index (χ3v) is 3.83. The molecular weight excluding hydrogens is 284 g/mol. The molecule has 3 rings (SSSR count). The van der Waals surface area contributed by atoms with Crippen LogP contribution in [-0.2, 0) is 0 Å². The highest BCUT2D eigenvalue weighted by Crippen LogP contribution is 2.35. The predicted molar refractivity (Wildman–Crippen MR) is 72.2 cm³/mol. The molecule has 0 saturated carbocycles. The Morgan fingerprint density at radius 1 is 1.45 bits per heavy atom. The number of Topliss-reactive ketones (excluding diaryl/α,β-unsaturated/α-hetero) is 1. The maximum Gasteiger partial charge on any atom is 0.198 e. The number of carbonyl (C=O) groups excluding carboxylic acids is 1. The number of aliphatic hydroxyl groups excluding tert-OH is 1. The van der Waals surface area contributed by atoms with Crippen LogP contribution in [-0.4, -0.2) is 16.6 Å². The van der Waals surface area contributed by atoms with Gasteiger partial charge < -0.3 is 5.11 Å². The highest BCUT2D eigenvalue weighted by molar-refractivity contribution is 7.08. The quantitative estimate of drug-likeness (QED) is 0.841. The van der Waals surface area contributed by atoms with Gasteiger partial charge in [0.2, 0.25) is 0 Å². The zero-order valence-corrected chi connectivity index (χ0v) is 11.2. The summed E-state index contributed by atoms with van der Waals surface area (Å²) < 4.78 is 26.8. The molecule has 0 atom stereocenters. The number of nitrogens with zero attached hydrogens (tertiary/aromatic N) is 1. The Morgan fingerprint density at radius 3 is 2.85 bits per heavy atom. The van der Waals surface area contributed by atoms with Crippen LogP contribution >= 0.6 is 11.3 Å². The Hall–Kier alpha value is -2.08. The number of fused-ring (bicyclic) bond motifs is 1. The molecule has 6 heteroatoms. The molecule has 0 amide bonds. The molecule has 0 radical (unpaired) electrons. The summed E-state index contributed by atoms with van der Waals surface area (Å²) in [6.45, 7) is 1.72. The van der Waals surface area contributed by atoms with Crippen LogP contribution in [0.5, 0.6) is 0 Å². The molecule has 1 aliphatic carbocycles. The van der Waals surface area contributed by atoms with Gasteiger partial charge in [-0.15, -0.1) is 11.3 Å². The lowest BCUT2D eigenvalue weighted by atomic mass is 9.89. The van der Waals surface area contributed by atoms with Crippen LogP contribution in [0.3, 0.4) is 0 Å². The van der Waals surface area contributed by atoms with Crippen molar-refractivity contribution in [1.29, 1.82) is 0 Å². The van der Waals surface area contributed by atoms with Crippen LogP contribution in [0, 0.1) is 5.13 Å². The molecule has 1 aromatic heterocycles. The summed E-state index contributed by atoms with van der Waals surface area (Å²) in [4.78, 5) is 16.5. The topological polar surface area (TPSA) is 49.7 Å². The van der Waals surface area contributed by atoms with Gasteiger partial charge in [0.25, 0.3) is 0 Å². The molecule has 0 unspecified atom stereocenters. The lowest BCUT2D eigenvalue weighted by Crippen LogP contribution is -2.17. The van der Waals surface area contributed by atoms with Crippen molar-refractivity contribution in [3.8, 4) is 0 Å². The van der Waals surface area contributed by atoms with Crippen LogP contribution in [0.1, 0.15) is 23.7 Å². The molecule has 1 aliphatic heterocycles. The molecule has 3 nitrogen and oxygen atoms in total. The number of allylic oxidation sites excluding steroid dienone is 5. The molecule has 0 fully saturated rings. The first-order chi connectivity index (χ1) is 9.47. The van der Waals surface area contributed by atoms with Crippen molar-refractivity contribution in [2.45, 2.75) is 13.3 Å². The van der Waals surface area contributed by atoms with Gasteiger partial charge in [0.05, 0.1) is 11.3 Å². The molecule has 0 saturated heterocycles. The van der Waals surface area contributed by atoms with E-state index >= 15 is 0 Å². The molecule has 2 aliphatic rings. The van der Waals surface area contributed by atoms with E-state index in [0.717, 1.165) is 17.4 Å². The second-order valence-electron chi connectivity index (χ2n) is 4.53. The summed E-state index contributed by atoms with van der Waals surface area (Å²) in [5, 5.41) is 10.7. The fraction of sp³-hybridized carbons (Fsp3) is 0.143. The first-order valence-electron chi connectivity index (χ1n) is 5.84. The predicted octanol–water partition coefficient (Wildman–Crippen LogP) is 3.87. The number of carbonyl (C=O) groups is 1. The van der Waals surface area contributed by atoms with Crippen LogP contribution in [0.25, 0.3) is 0 Å². The van der Waals surface area contributed by atoms with E-state index in [1.807, 2.05) is 0 Å². The zero-order chi connectivity index (χ0) is 14.4. The van der Waals surface area contributed by atoms with Crippen LogP contribution in [0.4, 0.5) is 8.78 Å². The average molecular weight is 293 g/mol. The number of thiophene rings is 1. The Bertz CT molecular complexity index is 753. The van der Waals surface area contributed by atoms with Crippen molar-refractivity contribution in [3.63, 3.8) is 0 Å². The van der Waals surface area contributed by atoms with E-state index < -0.39 is 22.5 Å². The molecule has 0 spiro atoms. The van der Waals surface area contributed by atoms with Crippen molar-refractivity contribution in [2.24, 2.45) is 4.99 Å². The van der Waals surface area contributed by atoms with E-state index in [4.69, 9.17) is 0 Å². The van der Waals surface area contributed by atoms with Crippen molar-refractivity contribution >= 4 is 22.8 Å². The van der Waals surface area contributed by atoms with Gasteiger partial charge in [-0.3, -0.25) is 9.79 Å². The fourth-order valence-corrected chi connectivity index (χ4v) is 2.86. The van der Waals surface area contributed by atoms with Crippen LogP contribution in [0.2, 0.25) is 0 Å². The number of aliphatic hydroxyl groups is 1. The number of halogens is 2. The molecule has 102 valence electrons. The average Bonchev–Trinajstić information content (AvgIpc) is 2.95. The summed E-state index contributed by atoms with van der Waals surface area (Å²) >= 11 is 0.777. The number of ketones is 1. The molecule has 1 aromatic rings. The lowest BCUT2D eigenvalue weighted by molar-refractivity contribution is 0.102. The van der Waals surface area contributed by atoms with E-state index in [1.165, 1.54) is 5.38 Å². The first-order valence-corrected chi connectivity index (χ1v) is 6.72. The second kappa shape index (κ2) is 4.49. The van der Waals surface area contributed by atoms with E-state index in [1.54, 1.807) is 13.0 Å². The Labute approximate surface area is 117 Å². The van der Waals surface area contributed by atoms with Crippen LogP contribution in [0.15, 0.2) is 50.9 Å². The third-order valence-electron chi connectivity index (χ3n) is 3.12. The second-order valence-corrected chi connectivity index (χ2v) is 5.39. The van der Waals surface area contributed by atoms with Crippen molar-refractivity contribution in [3.05, 3.63) is 56.6 Å². The van der Waals surface area contributed by atoms with Gasteiger partial charge in [-0.25, -0.2) is 4.39 Å². The SMILES string of the molecule is CC1=CC2=C(C(=O)c3csc(F)c3)C(O)=C(F)CC2=N1. The normalized spacial score (nSPS) is 18.1. The minimum Gasteiger partial charge on any atom is -0.505 e. The molecular formula is C14H9F2NO2S. The van der Waals surface area contributed by atoms with Crippen molar-refractivity contribution in [1.82, 2.24) is 0 Å². The molecule has 2 heterocycles. The van der Waals surface area contributed by atoms with E-state index in [0.29, 0.717) is 17.0 Å². The molecule has 0 bridgehead atoms. The minimum atomic E-state index is -0.797. The van der Waals surface area contributed by atoms with E-state index in [2.05, 4.69) is 4.99 Å². The Balaban J connectivity index is 2.16. The zero-order valence-electron chi connectivity index (χ0n) is 10.4. The van der Waals surface area contributed by atoms with Crippen molar-refractivity contribution in [2.75, 3.05) is 0 Å². The summed E-state index contributed by atoms with van der Waals surface area (Å²) in [5.41, 5.74) is 1.41. The van der Waals surface area contributed by atoms with Gasteiger partial charge in [0.1, 0.15) is 5.83 Å². The summed E-state index contributed by atoms with van der Waals surface area (Å²) in [7, 11) is 0. The highest BCUT2D eigenvalue weighted by Gasteiger charge is 2.32. The number of aliphatic imine (C=N–C) groups is 1. The molecule has 20 heavy (non-hydrogen) atoms. The highest BCUT2D eigenvalue weighted by atomic mass is 32.1. The van der Waals surface area contributed by atoms with Gasteiger partial charge in [-0.05, 0) is 19.1 Å². The maximum atomic E-state index is 13.7. The Morgan fingerprint density at radius 2 is 2.20 bits per heavy atom. The monoisotopic (exact) mass is 293 g/mol. The smallest absolute Gasteiger partial charge is 0.198 e. The first kappa shape index (κ1) is 12.9. The third kappa shape index (κ3) is 1.92. The number of rotatable bonds is 2. The van der Waals surface area contributed by atoms with Gasteiger partial charge >= 0.3 is 0 Å². The Kier molecular flexibility index (Phi) is 2.90. The van der Waals surface area contributed by atoms with Gasteiger partial charge in [-0.2, -0.15) is 4.39 Å². The fourth-order valence-electron chi connectivity index (χ4n) is 2.25. The number of hydrogen-bond donors (Lipinski definition) is 1. The summed E-state index contributed by atoms with van der Waals surface area (Å²) in [6, 6.07) is 1.07. The van der Waals surface area contributed by atoms with E-state index in [9.17, 15) is 18.7 Å². The lowest BCUT2D eigenvalue weighted by Gasteiger charge is -2.16.